The number of halogens is 3. The lowest BCUT2D eigenvalue weighted by Gasteiger charge is -2.17. The Bertz CT molecular complexity index is 1580. The van der Waals surface area contributed by atoms with E-state index in [1.807, 2.05) is 0 Å². The van der Waals surface area contributed by atoms with E-state index < -0.39 is 12.1 Å². The Kier molecular flexibility index (Phi) is 5.64. The second-order valence-corrected chi connectivity index (χ2v) is 8.32. The smallest absolute Gasteiger partial charge is 0.489 e. The molecule has 4 aromatic rings. The highest BCUT2D eigenvalue weighted by molar-refractivity contribution is 5.92. The summed E-state index contributed by atoms with van der Waals surface area (Å²) < 4.78 is 50.7. The van der Waals surface area contributed by atoms with Crippen LogP contribution in [0.3, 0.4) is 0 Å². The van der Waals surface area contributed by atoms with E-state index >= 15 is 0 Å². The number of H-pyrrole nitrogens is 1. The number of aryl methyl sites for hydroxylation is 1. The van der Waals surface area contributed by atoms with Crippen molar-refractivity contribution in [3.05, 3.63) is 58.1 Å². The Labute approximate surface area is 201 Å². The number of fused-ring (bicyclic) bond motifs is 1. The first-order chi connectivity index (χ1) is 17.2. The first-order valence-electron chi connectivity index (χ1n) is 10.9. The second-order valence-electron chi connectivity index (χ2n) is 8.32. The van der Waals surface area contributed by atoms with Gasteiger partial charge >= 0.3 is 6.36 Å². The van der Waals surface area contributed by atoms with E-state index in [4.69, 9.17) is 10.5 Å². The SMILES string of the molecule is Cn1ncc(-c2ccc3c(=O)[nH]nc(CN)c3c2)c1-c1cc(OC(F)(F)F)cc(OC2CC2)c1C#N. The molecule has 1 saturated carbocycles. The zero-order chi connectivity index (χ0) is 25.6. The van der Waals surface area contributed by atoms with E-state index in [0.29, 0.717) is 33.3 Å². The molecule has 1 fully saturated rings. The summed E-state index contributed by atoms with van der Waals surface area (Å²) in [6.45, 7) is 0.0773. The summed E-state index contributed by atoms with van der Waals surface area (Å²) in [5.74, 6) is -0.512. The minimum atomic E-state index is -4.94. The van der Waals surface area contributed by atoms with Gasteiger partial charge in [0.2, 0.25) is 0 Å². The quantitative estimate of drug-likeness (QED) is 0.415. The maximum Gasteiger partial charge on any atom is 0.573 e. The molecule has 0 radical (unpaired) electrons. The number of hydrogen-bond acceptors (Lipinski definition) is 7. The lowest BCUT2D eigenvalue weighted by Crippen LogP contribution is -2.17. The van der Waals surface area contributed by atoms with Crippen molar-refractivity contribution in [3.8, 4) is 40.0 Å². The van der Waals surface area contributed by atoms with E-state index in [1.54, 1.807) is 25.2 Å². The topological polar surface area (TPSA) is 132 Å². The summed E-state index contributed by atoms with van der Waals surface area (Å²) in [5, 5.41) is 21.6. The first-order valence-corrected chi connectivity index (χ1v) is 10.9. The van der Waals surface area contributed by atoms with E-state index in [9.17, 15) is 23.2 Å². The summed E-state index contributed by atoms with van der Waals surface area (Å²) in [5.41, 5.74) is 7.57. The van der Waals surface area contributed by atoms with Crippen LogP contribution >= 0.6 is 0 Å². The highest BCUT2D eigenvalue weighted by atomic mass is 19.4. The van der Waals surface area contributed by atoms with Crippen LogP contribution in [0.15, 0.2) is 41.3 Å². The van der Waals surface area contributed by atoms with Crippen molar-refractivity contribution in [2.45, 2.75) is 31.9 Å². The van der Waals surface area contributed by atoms with Crippen LogP contribution in [0.2, 0.25) is 0 Å². The third kappa shape index (κ3) is 4.36. The zero-order valence-corrected chi connectivity index (χ0v) is 18.9. The van der Waals surface area contributed by atoms with Gasteiger partial charge in [0.15, 0.2) is 0 Å². The minimum Gasteiger partial charge on any atom is -0.489 e. The van der Waals surface area contributed by atoms with E-state index in [-0.39, 0.29) is 35.1 Å². The lowest BCUT2D eigenvalue weighted by atomic mass is 9.95. The molecule has 0 unspecified atom stereocenters. The summed E-state index contributed by atoms with van der Waals surface area (Å²) in [6, 6.07) is 9.28. The Balaban J connectivity index is 1.73. The standard InChI is InChI=1S/C24H19F3N6O3/c1-33-22(17-7-14(36-24(25,26)27)8-21(18(17)9-28)35-13-3-4-13)19(11-30-33)12-2-5-15-16(6-12)20(10-29)31-32-23(15)34/h2,5-8,11,13H,3-4,10,29H2,1H3,(H,32,34). The number of ether oxygens (including phenoxy) is 2. The van der Waals surface area contributed by atoms with Crippen molar-refractivity contribution in [1.29, 1.82) is 5.26 Å². The number of aromatic nitrogens is 4. The summed E-state index contributed by atoms with van der Waals surface area (Å²) >= 11 is 0. The molecular weight excluding hydrogens is 477 g/mol. The van der Waals surface area contributed by atoms with Crippen LogP contribution in [0.5, 0.6) is 11.5 Å². The number of nitrogens with two attached hydrogens (primary N) is 1. The van der Waals surface area contributed by atoms with E-state index in [2.05, 4.69) is 26.1 Å². The van der Waals surface area contributed by atoms with Crippen LogP contribution in [0.25, 0.3) is 33.2 Å². The Morgan fingerprint density at radius 2 is 2.00 bits per heavy atom. The Morgan fingerprint density at radius 1 is 1.22 bits per heavy atom. The van der Waals surface area contributed by atoms with Gasteiger partial charge in [-0.2, -0.15) is 15.5 Å². The first kappa shape index (κ1) is 23.4. The fraction of sp³-hybridized carbons (Fsp3) is 0.250. The van der Waals surface area contributed by atoms with Gasteiger partial charge in [0.05, 0.1) is 29.1 Å². The molecule has 2 heterocycles. The molecule has 0 bridgehead atoms. The molecule has 0 aliphatic heterocycles. The van der Waals surface area contributed by atoms with Crippen molar-refractivity contribution < 1.29 is 22.6 Å². The molecule has 0 spiro atoms. The maximum atomic E-state index is 13.1. The monoisotopic (exact) mass is 496 g/mol. The number of nitrogens with zero attached hydrogens (tertiary/aromatic N) is 4. The molecule has 0 amide bonds. The third-order valence-corrected chi connectivity index (χ3v) is 5.80. The lowest BCUT2D eigenvalue weighted by molar-refractivity contribution is -0.274. The van der Waals surface area contributed by atoms with Gasteiger partial charge in [-0.25, -0.2) is 5.10 Å². The van der Waals surface area contributed by atoms with Crippen molar-refractivity contribution in [1.82, 2.24) is 20.0 Å². The molecule has 12 heteroatoms. The predicted molar refractivity (Wildman–Crippen MR) is 123 cm³/mol. The minimum absolute atomic E-state index is 0.00330. The van der Waals surface area contributed by atoms with E-state index in [0.717, 1.165) is 25.0 Å². The van der Waals surface area contributed by atoms with Gasteiger partial charge in [-0.1, -0.05) is 6.07 Å². The highest BCUT2D eigenvalue weighted by Crippen LogP contribution is 2.42. The van der Waals surface area contributed by atoms with Gasteiger partial charge in [0.1, 0.15) is 23.1 Å². The number of hydrogen-bond donors (Lipinski definition) is 2. The second kappa shape index (κ2) is 8.69. The van der Waals surface area contributed by atoms with E-state index in [1.165, 1.54) is 10.9 Å². The molecule has 1 aliphatic rings. The van der Waals surface area contributed by atoms with Gasteiger partial charge in [0, 0.05) is 36.2 Å². The third-order valence-electron chi connectivity index (χ3n) is 5.80. The molecule has 36 heavy (non-hydrogen) atoms. The molecule has 0 saturated heterocycles. The normalized spacial score (nSPS) is 13.6. The Morgan fingerprint density at radius 3 is 2.67 bits per heavy atom. The van der Waals surface area contributed by atoms with Gasteiger partial charge in [-0.15, -0.1) is 13.2 Å². The fourth-order valence-electron chi connectivity index (χ4n) is 4.05. The van der Waals surface area contributed by atoms with Crippen LogP contribution < -0.4 is 20.8 Å². The van der Waals surface area contributed by atoms with Crippen LogP contribution in [0.1, 0.15) is 24.1 Å². The maximum absolute atomic E-state index is 13.1. The van der Waals surface area contributed by atoms with Crippen LogP contribution in [0.4, 0.5) is 13.2 Å². The summed E-state index contributed by atoms with van der Waals surface area (Å²) in [7, 11) is 1.61. The number of nitriles is 1. The number of rotatable bonds is 6. The molecule has 3 N–H and O–H groups in total. The van der Waals surface area contributed by atoms with Gasteiger partial charge in [0.25, 0.3) is 5.56 Å². The summed E-state index contributed by atoms with van der Waals surface area (Å²) in [4.78, 5) is 12.2. The number of aromatic amines is 1. The average Bonchev–Trinajstić information content (AvgIpc) is 3.56. The van der Waals surface area contributed by atoms with Crippen LogP contribution in [-0.4, -0.2) is 32.4 Å². The van der Waals surface area contributed by atoms with Gasteiger partial charge < -0.3 is 15.2 Å². The highest BCUT2D eigenvalue weighted by Gasteiger charge is 2.33. The van der Waals surface area contributed by atoms with Crippen molar-refractivity contribution >= 4 is 10.8 Å². The Hall–Kier alpha value is -4.37. The molecule has 1 aliphatic carbocycles. The molecule has 0 atom stereocenters. The summed E-state index contributed by atoms with van der Waals surface area (Å²) in [6.07, 6.45) is -2.09. The molecular formula is C24H19F3N6O3. The largest absolute Gasteiger partial charge is 0.573 e. The molecule has 9 nitrogen and oxygen atoms in total. The zero-order valence-electron chi connectivity index (χ0n) is 18.9. The van der Waals surface area contributed by atoms with Crippen LogP contribution in [-0.2, 0) is 13.6 Å². The molecule has 2 aromatic heterocycles. The van der Waals surface area contributed by atoms with Crippen LogP contribution in [0, 0.1) is 11.3 Å². The molecule has 184 valence electrons. The number of nitrogens with one attached hydrogen (secondary N) is 1. The molecule has 5 rings (SSSR count). The average molecular weight is 496 g/mol. The van der Waals surface area contributed by atoms with Gasteiger partial charge in [-0.05, 0) is 36.6 Å². The predicted octanol–water partition coefficient (Wildman–Crippen LogP) is 3.76. The fourth-order valence-corrected chi connectivity index (χ4v) is 4.05. The number of benzene rings is 2. The van der Waals surface area contributed by atoms with Gasteiger partial charge in [-0.3, -0.25) is 9.48 Å². The van der Waals surface area contributed by atoms with Crippen molar-refractivity contribution in [2.24, 2.45) is 12.8 Å². The van der Waals surface area contributed by atoms with Crippen molar-refractivity contribution in [3.63, 3.8) is 0 Å². The van der Waals surface area contributed by atoms with Crippen molar-refractivity contribution in [2.75, 3.05) is 0 Å². The number of alkyl halides is 3. The molecule has 2 aromatic carbocycles.